The van der Waals surface area contributed by atoms with Gasteiger partial charge < -0.3 is 53.1 Å². The van der Waals surface area contributed by atoms with Crippen molar-refractivity contribution in [1.82, 2.24) is 20.2 Å². The first-order chi connectivity index (χ1) is 37.4. The average Bonchev–Trinajstić information content (AvgIpc) is 3.93. The van der Waals surface area contributed by atoms with E-state index in [1.807, 2.05) is 19.2 Å². The predicted octanol–water partition coefficient (Wildman–Crippen LogP) is 5.76. The molecule has 2 saturated heterocycles. The number of aromatic amines is 1. The fourth-order valence-electron chi connectivity index (χ4n) is 10.1. The number of nitrogens with one attached hydrogen (secondary N) is 2. The lowest BCUT2D eigenvalue weighted by Gasteiger charge is -2.46. The van der Waals surface area contributed by atoms with E-state index in [0.29, 0.717) is 28.1 Å². The number of methoxy groups -OCH3 is 3. The summed E-state index contributed by atoms with van der Waals surface area (Å²) >= 11 is 5.57. The molecule has 2 aliphatic carbocycles. The number of amides is 2. The van der Waals surface area contributed by atoms with E-state index in [9.17, 15) is 33.0 Å². The zero-order valence-corrected chi connectivity index (χ0v) is 46.3. The van der Waals surface area contributed by atoms with Gasteiger partial charge in [-0.15, -0.1) is 9.45 Å². The van der Waals surface area contributed by atoms with E-state index in [1.165, 1.54) is 43.4 Å². The molecule has 0 saturated carbocycles. The maximum Gasteiger partial charge on any atom is 0.412 e. The zero-order valence-electron chi connectivity index (χ0n) is 43.8. The second kappa shape index (κ2) is 25.7. The van der Waals surface area contributed by atoms with Gasteiger partial charge in [-0.2, -0.15) is 0 Å². The zero-order chi connectivity index (χ0) is 55.8. The minimum atomic E-state index is -3.76. The number of rotatable bonds is 17. The van der Waals surface area contributed by atoms with E-state index in [1.54, 1.807) is 55.6 Å². The smallest absolute Gasteiger partial charge is 0.412 e. The van der Waals surface area contributed by atoms with Crippen molar-refractivity contribution >= 4 is 75.8 Å². The van der Waals surface area contributed by atoms with Gasteiger partial charge in [0.05, 0.1) is 71.5 Å². The Hall–Kier alpha value is -6.28. The summed E-state index contributed by atoms with van der Waals surface area (Å²) in [6.45, 7) is 7.51. The molecule has 414 valence electrons. The molecular formula is C56H62N4O15S3. The number of alkyl carbamates (subject to hydrolysis) is 1. The number of aliphatic hydroxyl groups excluding tert-OH is 1. The van der Waals surface area contributed by atoms with Crippen LogP contribution in [0, 0.1) is 35.5 Å². The highest BCUT2D eigenvalue weighted by atomic mass is 32.8. The number of hydrogen-bond donors (Lipinski definition) is 4. The van der Waals surface area contributed by atoms with E-state index >= 15 is 0 Å². The SMILES string of the molecule is C=C(c1nccc2c1[nH]c1ccc(O)cc12)C1CC(OC2CC(OC)C(N(C(=O)OCCS(=O)(=O)c3ccccc3)C(C)OC)CO2)C(O[C@H]2C#C/C=C\C#CC3=C(NC(=O)OC)C(=O)C[C@H](O)/C(=C/CS(C)=S)C32)OC1C. The molecule has 2 amide bonds. The van der Waals surface area contributed by atoms with Gasteiger partial charge in [0.15, 0.2) is 28.2 Å². The molecule has 22 heteroatoms. The highest BCUT2D eigenvalue weighted by Crippen LogP contribution is 2.43. The Bertz CT molecular complexity index is 3280. The number of aromatic nitrogens is 2. The Morgan fingerprint density at radius 1 is 1.08 bits per heavy atom. The highest BCUT2D eigenvalue weighted by molar-refractivity contribution is 8.28. The largest absolute Gasteiger partial charge is 0.508 e. The van der Waals surface area contributed by atoms with E-state index < -0.39 is 123 Å². The van der Waals surface area contributed by atoms with Crippen molar-refractivity contribution in [3.05, 3.63) is 108 Å². The monoisotopic (exact) mass is 1130 g/mol. The summed E-state index contributed by atoms with van der Waals surface area (Å²) in [5.74, 6) is 9.98. The third-order valence-electron chi connectivity index (χ3n) is 14.1. The molecule has 8 rings (SSSR count). The summed E-state index contributed by atoms with van der Waals surface area (Å²) in [7, 11) is -0.266. The number of H-pyrrole nitrogens is 1. The maximum absolute atomic E-state index is 14.0. The van der Waals surface area contributed by atoms with Gasteiger partial charge in [-0.25, -0.2) is 18.0 Å². The number of pyridine rings is 1. The van der Waals surface area contributed by atoms with Gasteiger partial charge in [-0.05, 0) is 86.2 Å². The third-order valence-corrected chi connectivity index (χ3v) is 16.8. The normalized spacial score (nSPS) is 27.1. The number of sulfone groups is 1. The Kier molecular flexibility index (Phi) is 19.1. The summed E-state index contributed by atoms with van der Waals surface area (Å²) in [6, 6.07) is 14.0. The van der Waals surface area contributed by atoms with Crippen LogP contribution < -0.4 is 5.32 Å². The molecule has 12 atom stereocenters. The third kappa shape index (κ3) is 13.1. The molecule has 2 aromatic carbocycles. The molecule has 78 heavy (non-hydrogen) atoms. The summed E-state index contributed by atoms with van der Waals surface area (Å²) in [4.78, 5) is 50.3. The van der Waals surface area contributed by atoms with Gasteiger partial charge in [0.2, 0.25) is 0 Å². The van der Waals surface area contributed by atoms with Crippen LogP contribution in [0.1, 0.15) is 38.8 Å². The number of allylic oxidation sites excluding steroid dienone is 3. The number of fused-ring (bicyclic) bond motifs is 4. The molecule has 2 aliphatic heterocycles. The molecule has 0 spiro atoms. The van der Waals surface area contributed by atoms with Gasteiger partial charge in [-0.1, -0.05) is 65.7 Å². The van der Waals surface area contributed by atoms with Gasteiger partial charge >= 0.3 is 12.2 Å². The van der Waals surface area contributed by atoms with E-state index in [2.05, 4.69) is 40.6 Å². The lowest BCUT2D eigenvalue weighted by Crippen LogP contribution is -2.59. The molecule has 19 nitrogen and oxygen atoms in total. The number of hydrogen-bond acceptors (Lipinski definition) is 17. The van der Waals surface area contributed by atoms with Crippen LogP contribution in [0.15, 0.2) is 107 Å². The van der Waals surface area contributed by atoms with Crippen LogP contribution in [-0.2, 0) is 73.2 Å². The highest BCUT2D eigenvalue weighted by Gasteiger charge is 2.48. The minimum absolute atomic E-state index is 0.0554. The Labute approximate surface area is 459 Å². The van der Waals surface area contributed by atoms with Crippen LogP contribution in [0.2, 0.25) is 0 Å². The fraction of sp³-hybridized carbons (Fsp3) is 0.429. The van der Waals surface area contributed by atoms with Gasteiger partial charge in [-0.3, -0.25) is 20.0 Å². The van der Waals surface area contributed by atoms with Crippen LogP contribution in [-0.4, -0.2) is 159 Å². The number of carbonyl (C=O) groups excluding carboxylic acids is 3. The minimum Gasteiger partial charge on any atom is -0.508 e. The standard InChI is InChI=1S/C56H62N4O15S3/c1-32(51-53-37(21-23-57-51)41-27-35(61)19-20-42(41)58-53)40-28-48(74-49-30-47(69-5)43(31-72-49)60(34(3)68-4)56(65)71-24-26-78(66,67)36-15-11-10-12-16-36)54(73-33(40)2)75-46-18-14-9-8-13-17-39-50(46)38(22-25-77(7)76)44(62)29-45(63)52(39)59-55(64)70-6/h8-12,15-16,19-23,27,33-34,40,43-44,46-50,54,58,61-62H,1,24-26,28-31H2,2-7H3,(H,59,64)/b9-8-,38-22-/t33?,34?,40?,43?,44-,46-,47?,48?,49?,50?,54?,77?/m0/s1. The summed E-state index contributed by atoms with van der Waals surface area (Å²) in [5.41, 5.74) is 2.93. The lowest BCUT2D eigenvalue weighted by molar-refractivity contribution is -0.310. The number of benzene rings is 2. The molecule has 2 aromatic heterocycles. The van der Waals surface area contributed by atoms with Gasteiger partial charge in [0.25, 0.3) is 0 Å². The van der Waals surface area contributed by atoms with Crippen molar-refractivity contribution in [3.63, 3.8) is 0 Å². The Morgan fingerprint density at radius 3 is 2.58 bits per heavy atom. The van der Waals surface area contributed by atoms with E-state index in [-0.39, 0.29) is 41.4 Å². The number of Topliss-reactive ketones (excluding diaryl/α,β-unsaturated/α-hetero) is 1. The first-order valence-electron chi connectivity index (χ1n) is 25.1. The number of nitrogens with zero attached hydrogens (tertiary/aromatic N) is 2. The molecule has 4 heterocycles. The quantitative estimate of drug-likeness (QED) is 0.0558. The number of carbonyl (C=O) groups is 3. The molecule has 4 N–H and O–H groups in total. The van der Waals surface area contributed by atoms with Crippen LogP contribution in [0.3, 0.4) is 0 Å². The van der Waals surface area contributed by atoms with Crippen molar-refractivity contribution in [2.45, 2.75) is 93.4 Å². The lowest BCUT2D eigenvalue weighted by atomic mass is 9.83. The first-order valence-corrected chi connectivity index (χ1v) is 29.4. The number of aliphatic hydroxyl groups is 1. The number of aromatic hydroxyl groups is 1. The van der Waals surface area contributed by atoms with Crippen molar-refractivity contribution in [2.24, 2.45) is 11.8 Å². The number of ketones is 1. The van der Waals surface area contributed by atoms with Gasteiger partial charge in [0.1, 0.15) is 30.8 Å². The molecule has 0 bridgehead atoms. The topological polar surface area (TPSA) is 244 Å². The average molecular weight is 1130 g/mol. The van der Waals surface area contributed by atoms with Crippen molar-refractivity contribution in [1.29, 1.82) is 0 Å². The Morgan fingerprint density at radius 2 is 1.85 bits per heavy atom. The van der Waals surface area contributed by atoms with E-state index in [0.717, 1.165) is 23.4 Å². The van der Waals surface area contributed by atoms with E-state index in [4.69, 9.17) is 54.1 Å². The van der Waals surface area contributed by atoms with Crippen LogP contribution in [0.5, 0.6) is 5.75 Å². The Balaban J connectivity index is 1.13. The van der Waals surface area contributed by atoms with Crippen LogP contribution in [0.4, 0.5) is 9.59 Å². The number of ether oxygens (including phenoxy) is 8. The van der Waals surface area contributed by atoms with Crippen molar-refractivity contribution in [2.75, 3.05) is 52.3 Å². The van der Waals surface area contributed by atoms with Crippen molar-refractivity contribution < 1.29 is 70.9 Å². The second-order valence-corrected chi connectivity index (χ2v) is 24.2. The molecular weight excluding hydrogens is 1060 g/mol. The molecule has 2 fully saturated rings. The molecule has 0 radical (unpaired) electrons. The van der Waals surface area contributed by atoms with Crippen molar-refractivity contribution in [3.8, 4) is 29.4 Å². The first kappa shape index (κ1) is 57.9. The van der Waals surface area contributed by atoms with Crippen LogP contribution >= 0.6 is 0 Å². The number of phenolic OH excluding ortho intramolecular Hbond substituents is 1. The fourth-order valence-corrected chi connectivity index (χ4v) is 11.8. The molecule has 10 unspecified atom stereocenters. The second-order valence-electron chi connectivity index (χ2n) is 18.9. The molecule has 4 aliphatic rings. The van der Waals surface area contributed by atoms with Crippen LogP contribution in [0.25, 0.3) is 27.4 Å². The number of phenols is 1. The summed E-state index contributed by atoms with van der Waals surface area (Å²) < 4.78 is 75.5. The van der Waals surface area contributed by atoms with Gasteiger partial charge in [0, 0.05) is 66.8 Å². The molecule has 4 aromatic rings. The summed E-state index contributed by atoms with van der Waals surface area (Å²) in [5, 5.41) is 26.4. The maximum atomic E-state index is 14.0. The predicted molar refractivity (Wildman–Crippen MR) is 294 cm³/mol. The summed E-state index contributed by atoms with van der Waals surface area (Å²) in [6.07, 6.45) is -1.67.